The third-order valence-corrected chi connectivity index (χ3v) is 2.93. The van der Waals surface area contributed by atoms with Crippen LogP contribution in [0.2, 0.25) is 0 Å². The summed E-state index contributed by atoms with van der Waals surface area (Å²) in [5.74, 6) is -2.24. The van der Waals surface area contributed by atoms with Crippen molar-refractivity contribution >= 4 is 21.6 Å². The van der Waals surface area contributed by atoms with Crippen LogP contribution in [0.15, 0.2) is 35.1 Å². The first-order chi connectivity index (χ1) is 8.52. The van der Waals surface area contributed by atoms with E-state index in [1.807, 2.05) is 0 Å². The molecule has 0 aliphatic carbocycles. The summed E-state index contributed by atoms with van der Waals surface area (Å²) in [4.78, 5) is 13.8. The number of aromatic nitrogens is 1. The zero-order valence-corrected chi connectivity index (χ0v) is 10.3. The van der Waals surface area contributed by atoms with Crippen LogP contribution >= 0.6 is 15.9 Å². The molecule has 0 atom stereocenters. The molecule has 2 rings (SSSR count). The van der Waals surface area contributed by atoms with Crippen molar-refractivity contribution < 1.29 is 13.7 Å². The second kappa shape index (κ2) is 4.77. The molecule has 0 unspecified atom stereocenters. The van der Waals surface area contributed by atoms with Crippen molar-refractivity contribution in [3.8, 4) is 11.1 Å². The van der Waals surface area contributed by atoms with Crippen molar-refractivity contribution in [3.63, 3.8) is 0 Å². The van der Waals surface area contributed by atoms with Crippen LogP contribution in [0.4, 0.5) is 14.5 Å². The van der Waals surface area contributed by atoms with Crippen molar-refractivity contribution in [1.82, 2.24) is 4.98 Å². The van der Waals surface area contributed by atoms with Crippen molar-refractivity contribution in [3.05, 3.63) is 56.8 Å². The predicted octanol–water partition coefficient (Wildman–Crippen LogP) is 3.70. The summed E-state index contributed by atoms with van der Waals surface area (Å²) in [6, 6.07) is 3.67. The quantitative estimate of drug-likeness (QED) is 0.482. The maximum Gasteiger partial charge on any atom is 0.280 e. The van der Waals surface area contributed by atoms with Crippen LogP contribution in [0, 0.1) is 21.7 Å². The molecule has 4 nitrogen and oxygen atoms in total. The molecule has 2 aromatic rings. The van der Waals surface area contributed by atoms with Gasteiger partial charge in [0, 0.05) is 24.0 Å². The smallest absolute Gasteiger partial charge is 0.264 e. The number of pyridine rings is 1. The molecule has 0 radical (unpaired) electrons. The highest BCUT2D eigenvalue weighted by molar-refractivity contribution is 9.10. The lowest BCUT2D eigenvalue weighted by atomic mass is 10.1. The highest BCUT2D eigenvalue weighted by atomic mass is 79.9. The monoisotopic (exact) mass is 314 g/mol. The molecular weight excluding hydrogens is 310 g/mol. The molecule has 1 aromatic carbocycles. The number of hydrogen-bond donors (Lipinski definition) is 0. The van der Waals surface area contributed by atoms with E-state index < -0.39 is 16.6 Å². The Morgan fingerprint density at radius 2 is 1.89 bits per heavy atom. The topological polar surface area (TPSA) is 56.0 Å². The van der Waals surface area contributed by atoms with Crippen molar-refractivity contribution in [2.45, 2.75) is 0 Å². The Morgan fingerprint density at radius 3 is 2.56 bits per heavy atom. The molecule has 0 aliphatic heterocycles. The summed E-state index contributed by atoms with van der Waals surface area (Å²) < 4.78 is 27.1. The van der Waals surface area contributed by atoms with Crippen LogP contribution in [0.1, 0.15) is 0 Å². The molecule has 1 aromatic heterocycles. The van der Waals surface area contributed by atoms with E-state index in [-0.39, 0.29) is 21.3 Å². The van der Waals surface area contributed by atoms with E-state index in [1.165, 1.54) is 18.3 Å². The molecule has 0 saturated heterocycles. The van der Waals surface area contributed by atoms with Gasteiger partial charge in [-0.25, -0.2) is 8.78 Å². The molecule has 7 heteroatoms. The molecule has 92 valence electrons. The van der Waals surface area contributed by atoms with Gasteiger partial charge < -0.3 is 0 Å². The first-order valence-electron chi connectivity index (χ1n) is 4.74. The Kier molecular flexibility index (Phi) is 3.33. The van der Waals surface area contributed by atoms with E-state index >= 15 is 0 Å². The highest BCUT2D eigenvalue weighted by Gasteiger charge is 2.20. The number of nitro groups is 1. The second-order valence-electron chi connectivity index (χ2n) is 3.37. The van der Waals surface area contributed by atoms with E-state index in [0.717, 1.165) is 12.3 Å². The average Bonchev–Trinajstić information content (AvgIpc) is 2.36. The van der Waals surface area contributed by atoms with E-state index in [2.05, 4.69) is 20.9 Å². The van der Waals surface area contributed by atoms with Crippen LogP contribution in [0.3, 0.4) is 0 Å². The lowest BCUT2D eigenvalue weighted by molar-refractivity contribution is -0.384. The summed E-state index contributed by atoms with van der Waals surface area (Å²) in [6.45, 7) is 0. The van der Waals surface area contributed by atoms with Crippen LogP contribution in [0.25, 0.3) is 11.1 Å². The van der Waals surface area contributed by atoms with Crippen LogP contribution < -0.4 is 0 Å². The van der Waals surface area contributed by atoms with Crippen LogP contribution in [-0.2, 0) is 0 Å². The van der Waals surface area contributed by atoms with Crippen LogP contribution in [0.5, 0.6) is 0 Å². The molecule has 0 aliphatic rings. The van der Waals surface area contributed by atoms with Gasteiger partial charge in [-0.05, 0) is 28.1 Å². The Morgan fingerprint density at radius 1 is 1.17 bits per heavy atom. The molecule has 0 saturated carbocycles. The fourth-order valence-corrected chi connectivity index (χ4v) is 1.79. The fraction of sp³-hybridized carbons (Fsp3) is 0. The number of hydrogen-bond acceptors (Lipinski definition) is 3. The average molecular weight is 315 g/mol. The fourth-order valence-electron chi connectivity index (χ4n) is 1.49. The number of rotatable bonds is 2. The van der Waals surface area contributed by atoms with Gasteiger partial charge in [0.1, 0.15) is 0 Å². The SMILES string of the molecule is O=[N+]([O-])c1ccncc1-c1ccc(Br)c(F)c1F. The molecule has 1 heterocycles. The third-order valence-electron chi connectivity index (χ3n) is 2.32. The number of benzene rings is 1. The van der Waals surface area contributed by atoms with E-state index in [9.17, 15) is 18.9 Å². The molecule has 0 N–H and O–H groups in total. The van der Waals surface area contributed by atoms with Crippen molar-refractivity contribution in [1.29, 1.82) is 0 Å². The van der Waals surface area contributed by atoms with Gasteiger partial charge in [0.15, 0.2) is 11.6 Å². The molecule has 18 heavy (non-hydrogen) atoms. The lowest BCUT2D eigenvalue weighted by Gasteiger charge is -2.05. The summed E-state index contributed by atoms with van der Waals surface area (Å²) in [5.41, 5.74) is -0.590. The second-order valence-corrected chi connectivity index (χ2v) is 4.23. The van der Waals surface area contributed by atoms with Gasteiger partial charge in [-0.15, -0.1) is 0 Å². The van der Waals surface area contributed by atoms with Crippen molar-refractivity contribution in [2.75, 3.05) is 0 Å². The molecular formula is C11H5BrF2N2O2. The standard InChI is InChI=1S/C11H5BrF2N2O2/c12-8-2-1-6(10(13)11(8)14)7-5-15-4-3-9(7)16(17)18/h1-5H. The summed E-state index contributed by atoms with van der Waals surface area (Å²) in [6.07, 6.45) is 2.35. The molecule has 0 amide bonds. The molecule has 0 fully saturated rings. The maximum absolute atomic E-state index is 13.7. The van der Waals surface area contributed by atoms with Gasteiger partial charge in [0.25, 0.3) is 5.69 Å². The van der Waals surface area contributed by atoms with E-state index in [4.69, 9.17) is 0 Å². The number of nitrogens with zero attached hydrogens (tertiary/aromatic N) is 2. The largest absolute Gasteiger partial charge is 0.280 e. The number of halogens is 3. The first-order valence-corrected chi connectivity index (χ1v) is 5.54. The Labute approximate surface area is 109 Å². The Bertz CT molecular complexity index is 634. The van der Waals surface area contributed by atoms with Gasteiger partial charge in [-0.2, -0.15) is 0 Å². The van der Waals surface area contributed by atoms with Gasteiger partial charge in [0.05, 0.1) is 15.0 Å². The summed E-state index contributed by atoms with van der Waals surface area (Å²) >= 11 is 2.84. The van der Waals surface area contributed by atoms with E-state index in [1.54, 1.807) is 0 Å². The predicted molar refractivity (Wildman–Crippen MR) is 63.9 cm³/mol. The molecule has 0 spiro atoms. The molecule has 0 bridgehead atoms. The zero-order valence-electron chi connectivity index (χ0n) is 8.73. The lowest BCUT2D eigenvalue weighted by Crippen LogP contribution is -1.96. The normalized spacial score (nSPS) is 10.4. The van der Waals surface area contributed by atoms with Gasteiger partial charge in [-0.3, -0.25) is 15.1 Å². The van der Waals surface area contributed by atoms with E-state index in [0.29, 0.717) is 0 Å². The highest BCUT2D eigenvalue weighted by Crippen LogP contribution is 2.33. The minimum atomic E-state index is -1.15. The summed E-state index contributed by atoms with van der Waals surface area (Å²) in [5, 5.41) is 10.8. The van der Waals surface area contributed by atoms with Crippen LogP contribution in [-0.4, -0.2) is 9.91 Å². The summed E-state index contributed by atoms with van der Waals surface area (Å²) in [7, 11) is 0. The third kappa shape index (κ3) is 2.08. The maximum atomic E-state index is 13.7. The van der Waals surface area contributed by atoms with Crippen molar-refractivity contribution in [2.24, 2.45) is 0 Å². The first kappa shape index (κ1) is 12.6. The zero-order chi connectivity index (χ0) is 13.3. The van der Waals surface area contributed by atoms with Gasteiger partial charge in [0.2, 0.25) is 0 Å². The Balaban J connectivity index is 2.70. The minimum absolute atomic E-state index is 0.0460. The Hall–Kier alpha value is -1.89. The van der Waals surface area contributed by atoms with Gasteiger partial charge >= 0.3 is 0 Å². The van der Waals surface area contributed by atoms with Gasteiger partial charge in [-0.1, -0.05) is 0 Å². The minimum Gasteiger partial charge on any atom is -0.264 e.